The monoisotopic (exact) mass is 294 g/mol. The second-order valence-electron chi connectivity index (χ2n) is 5.27. The van der Waals surface area contributed by atoms with E-state index in [1.54, 1.807) is 23.1 Å². The zero-order chi connectivity index (χ0) is 15.2. The van der Waals surface area contributed by atoms with Crippen LogP contribution in [0.5, 0.6) is 0 Å². The number of rotatable bonds is 5. The van der Waals surface area contributed by atoms with Gasteiger partial charge in [-0.15, -0.1) is 0 Å². The molecule has 0 spiro atoms. The molecule has 0 saturated carbocycles. The van der Waals surface area contributed by atoms with Crippen molar-refractivity contribution in [2.45, 2.75) is 19.3 Å². The highest BCUT2D eigenvalue weighted by Gasteiger charge is 2.27. The lowest BCUT2D eigenvalue weighted by atomic mass is 10.1. The van der Waals surface area contributed by atoms with Gasteiger partial charge in [-0.1, -0.05) is 18.2 Å². The fourth-order valence-corrected chi connectivity index (χ4v) is 2.55. The zero-order valence-corrected chi connectivity index (χ0v) is 11.7. The van der Waals surface area contributed by atoms with E-state index in [9.17, 15) is 14.0 Å². The molecule has 21 heavy (non-hydrogen) atoms. The van der Waals surface area contributed by atoms with Gasteiger partial charge in [0.15, 0.2) is 0 Å². The van der Waals surface area contributed by atoms with Gasteiger partial charge in [0.05, 0.1) is 0 Å². The number of hydrogen-bond acceptors (Lipinski definition) is 2. The summed E-state index contributed by atoms with van der Waals surface area (Å²) in [6.07, 6.45) is 1.25. The van der Waals surface area contributed by atoms with Gasteiger partial charge in [0, 0.05) is 26.1 Å². The molecule has 2 amide bonds. The Bertz CT molecular complexity index is 521. The first-order valence-electron chi connectivity index (χ1n) is 7.04. The summed E-state index contributed by atoms with van der Waals surface area (Å²) in [6, 6.07) is 6.27. The molecule has 2 rings (SSSR count). The molecule has 6 heteroatoms. The van der Waals surface area contributed by atoms with E-state index < -0.39 is 5.97 Å². The van der Waals surface area contributed by atoms with Crippen molar-refractivity contribution in [2.24, 2.45) is 5.92 Å². The molecule has 1 aliphatic heterocycles. The minimum atomic E-state index is -0.832. The number of likely N-dealkylation sites (tertiary alicyclic amines) is 1. The van der Waals surface area contributed by atoms with Gasteiger partial charge in [0.25, 0.3) is 0 Å². The lowest BCUT2D eigenvalue weighted by Crippen LogP contribution is -2.39. The summed E-state index contributed by atoms with van der Waals surface area (Å²) in [5.74, 6) is -1.07. The predicted molar refractivity (Wildman–Crippen MR) is 75.4 cm³/mol. The van der Waals surface area contributed by atoms with E-state index in [2.05, 4.69) is 5.32 Å². The maximum atomic E-state index is 13.4. The average molecular weight is 294 g/mol. The van der Waals surface area contributed by atoms with Gasteiger partial charge in [-0.2, -0.15) is 0 Å². The highest BCUT2D eigenvalue weighted by Crippen LogP contribution is 2.19. The summed E-state index contributed by atoms with van der Waals surface area (Å²) < 4.78 is 13.4. The molecule has 1 fully saturated rings. The second-order valence-corrected chi connectivity index (χ2v) is 5.27. The fraction of sp³-hybridized carbons (Fsp3) is 0.467. The first kappa shape index (κ1) is 15.3. The van der Waals surface area contributed by atoms with Crippen LogP contribution in [0.2, 0.25) is 0 Å². The van der Waals surface area contributed by atoms with Gasteiger partial charge >= 0.3 is 12.0 Å². The number of aliphatic carboxylic acids is 1. The first-order valence-corrected chi connectivity index (χ1v) is 7.04. The third-order valence-corrected chi connectivity index (χ3v) is 3.66. The van der Waals surface area contributed by atoms with Crippen LogP contribution in [-0.2, 0) is 11.2 Å². The molecule has 0 aliphatic carbocycles. The van der Waals surface area contributed by atoms with E-state index in [4.69, 9.17) is 5.11 Å². The van der Waals surface area contributed by atoms with Gasteiger partial charge in [-0.3, -0.25) is 4.79 Å². The summed E-state index contributed by atoms with van der Waals surface area (Å²) in [4.78, 5) is 24.2. The summed E-state index contributed by atoms with van der Waals surface area (Å²) in [5.41, 5.74) is 0.572. The Morgan fingerprint density at radius 3 is 2.86 bits per heavy atom. The highest BCUT2D eigenvalue weighted by atomic mass is 19.1. The SMILES string of the molecule is O=C(O)CC1CCN(C(=O)NCCc2ccccc2F)C1. The largest absolute Gasteiger partial charge is 0.481 e. The van der Waals surface area contributed by atoms with Crippen molar-refractivity contribution >= 4 is 12.0 Å². The molecule has 2 N–H and O–H groups in total. The van der Waals surface area contributed by atoms with Crippen molar-refractivity contribution in [2.75, 3.05) is 19.6 Å². The van der Waals surface area contributed by atoms with Crippen molar-refractivity contribution in [1.82, 2.24) is 10.2 Å². The Kier molecular flexibility index (Phi) is 5.14. The van der Waals surface area contributed by atoms with Gasteiger partial charge in [0.1, 0.15) is 5.82 Å². The second kappa shape index (κ2) is 7.06. The van der Waals surface area contributed by atoms with Crippen molar-refractivity contribution in [3.05, 3.63) is 35.6 Å². The Hall–Kier alpha value is -2.11. The van der Waals surface area contributed by atoms with Crippen molar-refractivity contribution in [1.29, 1.82) is 0 Å². The number of nitrogens with one attached hydrogen (secondary N) is 1. The highest BCUT2D eigenvalue weighted by molar-refractivity contribution is 5.74. The lowest BCUT2D eigenvalue weighted by molar-refractivity contribution is -0.138. The van der Waals surface area contributed by atoms with E-state index in [0.29, 0.717) is 38.0 Å². The molecule has 1 aliphatic rings. The zero-order valence-electron chi connectivity index (χ0n) is 11.7. The third kappa shape index (κ3) is 4.44. The summed E-state index contributed by atoms with van der Waals surface area (Å²) in [5, 5.41) is 11.5. The minimum absolute atomic E-state index is 0.0276. The molecular weight excluding hydrogens is 275 g/mol. The maximum absolute atomic E-state index is 13.4. The van der Waals surface area contributed by atoms with Crippen LogP contribution in [0.15, 0.2) is 24.3 Å². The number of nitrogens with zero attached hydrogens (tertiary/aromatic N) is 1. The van der Waals surface area contributed by atoms with Crippen LogP contribution in [0.1, 0.15) is 18.4 Å². The van der Waals surface area contributed by atoms with Gasteiger partial charge in [-0.25, -0.2) is 9.18 Å². The predicted octanol–water partition coefficient (Wildman–Crippen LogP) is 1.87. The molecule has 0 bridgehead atoms. The smallest absolute Gasteiger partial charge is 0.317 e. The fourth-order valence-electron chi connectivity index (χ4n) is 2.55. The number of carboxylic acids is 1. The Morgan fingerprint density at radius 2 is 2.14 bits per heavy atom. The molecular formula is C15H19FN2O3. The Labute approximate surface area is 122 Å². The van der Waals surface area contributed by atoms with Crippen molar-refractivity contribution in [3.8, 4) is 0 Å². The molecule has 1 heterocycles. The maximum Gasteiger partial charge on any atom is 0.317 e. The molecule has 1 aromatic carbocycles. The van der Waals surface area contributed by atoms with Crippen LogP contribution in [0.3, 0.4) is 0 Å². The standard InChI is InChI=1S/C15H19FN2O3/c16-13-4-2-1-3-12(13)5-7-17-15(21)18-8-6-11(10-18)9-14(19)20/h1-4,11H,5-10H2,(H,17,21)(H,19,20). The normalized spacial score (nSPS) is 17.8. The molecule has 1 aromatic rings. The van der Waals surface area contributed by atoms with E-state index in [1.807, 2.05) is 0 Å². The number of carbonyl (C=O) groups is 2. The number of amides is 2. The Balaban J connectivity index is 1.73. The van der Waals surface area contributed by atoms with E-state index >= 15 is 0 Å². The van der Waals surface area contributed by atoms with Crippen LogP contribution < -0.4 is 5.32 Å². The molecule has 114 valence electrons. The van der Waals surface area contributed by atoms with E-state index in [1.165, 1.54) is 6.07 Å². The van der Waals surface area contributed by atoms with Crippen LogP contribution in [0.25, 0.3) is 0 Å². The number of urea groups is 1. The van der Waals surface area contributed by atoms with Gasteiger partial charge in [-0.05, 0) is 30.4 Å². The number of hydrogen-bond donors (Lipinski definition) is 2. The number of carboxylic acid groups (broad SMARTS) is 1. The first-order chi connectivity index (χ1) is 10.1. The molecule has 1 unspecified atom stereocenters. The van der Waals surface area contributed by atoms with Gasteiger partial charge in [0.2, 0.25) is 0 Å². The van der Waals surface area contributed by atoms with E-state index in [-0.39, 0.29) is 24.2 Å². The lowest BCUT2D eigenvalue weighted by Gasteiger charge is -2.17. The van der Waals surface area contributed by atoms with Crippen LogP contribution in [-0.4, -0.2) is 41.6 Å². The van der Waals surface area contributed by atoms with Crippen molar-refractivity contribution in [3.63, 3.8) is 0 Å². The molecule has 1 saturated heterocycles. The minimum Gasteiger partial charge on any atom is -0.481 e. The molecule has 5 nitrogen and oxygen atoms in total. The number of carbonyl (C=O) groups excluding carboxylic acids is 1. The Morgan fingerprint density at radius 1 is 1.38 bits per heavy atom. The summed E-state index contributed by atoms with van der Waals surface area (Å²) in [6.45, 7) is 1.40. The number of benzene rings is 1. The number of halogens is 1. The van der Waals surface area contributed by atoms with Crippen LogP contribution in [0.4, 0.5) is 9.18 Å². The summed E-state index contributed by atoms with van der Waals surface area (Å²) >= 11 is 0. The third-order valence-electron chi connectivity index (χ3n) is 3.66. The topological polar surface area (TPSA) is 69.6 Å². The van der Waals surface area contributed by atoms with Crippen LogP contribution in [0, 0.1) is 11.7 Å². The summed E-state index contributed by atoms with van der Waals surface area (Å²) in [7, 11) is 0. The van der Waals surface area contributed by atoms with Crippen molar-refractivity contribution < 1.29 is 19.1 Å². The average Bonchev–Trinajstić information content (AvgIpc) is 2.88. The molecule has 1 atom stereocenters. The molecule has 0 radical (unpaired) electrons. The van der Waals surface area contributed by atoms with Crippen LogP contribution >= 0.6 is 0 Å². The molecule has 0 aromatic heterocycles. The quantitative estimate of drug-likeness (QED) is 0.871. The van der Waals surface area contributed by atoms with Gasteiger partial charge < -0.3 is 15.3 Å². The van der Waals surface area contributed by atoms with E-state index in [0.717, 1.165) is 0 Å².